The fraction of sp³-hybridized carbons (Fsp3) is 0.0714. The standard InChI is InChI=1S/C14H12N2OS/c15-13-5-1-3-10-7-12(18-14(10)13)9-17-11-4-2-6-16-8-11/h1-8H,9,15H2. The van der Waals surface area contributed by atoms with Crippen LogP contribution in [-0.2, 0) is 6.61 Å². The van der Waals surface area contributed by atoms with Crippen LogP contribution in [0.5, 0.6) is 5.75 Å². The number of pyridine rings is 1. The van der Waals surface area contributed by atoms with Crippen LogP contribution in [-0.4, -0.2) is 4.98 Å². The number of benzene rings is 1. The molecule has 0 aliphatic heterocycles. The monoisotopic (exact) mass is 256 g/mol. The van der Waals surface area contributed by atoms with E-state index in [4.69, 9.17) is 10.5 Å². The average molecular weight is 256 g/mol. The van der Waals surface area contributed by atoms with Crippen molar-refractivity contribution in [2.24, 2.45) is 0 Å². The van der Waals surface area contributed by atoms with Gasteiger partial charge in [0.15, 0.2) is 0 Å². The molecule has 0 aliphatic rings. The van der Waals surface area contributed by atoms with Gasteiger partial charge in [-0.05, 0) is 29.7 Å². The normalized spacial score (nSPS) is 10.7. The van der Waals surface area contributed by atoms with Crippen LogP contribution in [0.3, 0.4) is 0 Å². The number of hydrogen-bond donors (Lipinski definition) is 1. The first-order valence-corrected chi connectivity index (χ1v) is 6.44. The van der Waals surface area contributed by atoms with Crippen molar-refractivity contribution in [2.45, 2.75) is 6.61 Å². The zero-order valence-electron chi connectivity index (χ0n) is 9.67. The predicted molar refractivity (Wildman–Crippen MR) is 74.8 cm³/mol. The molecular formula is C14H12N2OS. The molecule has 3 aromatic rings. The van der Waals surface area contributed by atoms with E-state index in [0.717, 1.165) is 21.0 Å². The maximum Gasteiger partial charge on any atom is 0.138 e. The van der Waals surface area contributed by atoms with Crippen molar-refractivity contribution in [3.05, 3.63) is 53.7 Å². The van der Waals surface area contributed by atoms with Gasteiger partial charge in [-0.1, -0.05) is 12.1 Å². The minimum Gasteiger partial charge on any atom is -0.486 e. The summed E-state index contributed by atoms with van der Waals surface area (Å²) in [6.07, 6.45) is 3.44. The SMILES string of the molecule is Nc1cccc2cc(COc3cccnc3)sc12. The van der Waals surface area contributed by atoms with Crippen molar-refractivity contribution in [2.75, 3.05) is 5.73 Å². The van der Waals surface area contributed by atoms with Crippen LogP contribution in [0.1, 0.15) is 4.88 Å². The Morgan fingerprint density at radius 1 is 1.22 bits per heavy atom. The molecule has 0 atom stereocenters. The molecule has 18 heavy (non-hydrogen) atoms. The first-order valence-electron chi connectivity index (χ1n) is 5.63. The largest absolute Gasteiger partial charge is 0.486 e. The quantitative estimate of drug-likeness (QED) is 0.730. The lowest BCUT2D eigenvalue weighted by atomic mass is 10.2. The number of nitrogens with zero attached hydrogens (tertiary/aromatic N) is 1. The second kappa shape index (κ2) is 4.66. The highest BCUT2D eigenvalue weighted by atomic mass is 32.1. The molecule has 0 fully saturated rings. The second-order valence-corrected chi connectivity index (χ2v) is 5.09. The fourth-order valence-corrected chi connectivity index (χ4v) is 2.79. The molecule has 0 spiro atoms. The molecule has 0 saturated carbocycles. The number of aromatic nitrogens is 1. The summed E-state index contributed by atoms with van der Waals surface area (Å²) in [7, 11) is 0. The first-order chi connectivity index (χ1) is 8.83. The van der Waals surface area contributed by atoms with Gasteiger partial charge >= 0.3 is 0 Å². The molecular weight excluding hydrogens is 244 g/mol. The first kappa shape index (κ1) is 11.0. The van der Waals surface area contributed by atoms with Gasteiger partial charge in [-0.15, -0.1) is 11.3 Å². The second-order valence-electron chi connectivity index (χ2n) is 3.96. The summed E-state index contributed by atoms with van der Waals surface area (Å²) >= 11 is 1.67. The molecule has 2 aromatic heterocycles. The molecule has 4 heteroatoms. The van der Waals surface area contributed by atoms with Crippen LogP contribution in [0.15, 0.2) is 48.8 Å². The fourth-order valence-electron chi connectivity index (χ4n) is 1.80. The Bertz CT molecular complexity index is 664. The highest BCUT2D eigenvalue weighted by Gasteiger charge is 2.04. The molecule has 0 unspecified atom stereocenters. The molecule has 0 aliphatic carbocycles. The summed E-state index contributed by atoms with van der Waals surface area (Å²) in [5.41, 5.74) is 6.76. The van der Waals surface area contributed by atoms with Gasteiger partial charge in [-0.3, -0.25) is 4.98 Å². The lowest BCUT2D eigenvalue weighted by Crippen LogP contribution is -1.92. The van der Waals surface area contributed by atoms with E-state index in [0.29, 0.717) is 6.61 Å². The van der Waals surface area contributed by atoms with E-state index in [1.165, 1.54) is 5.39 Å². The van der Waals surface area contributed by atoms with Gasteiger partial charge in [-0.25, -0.2) is 0 Å². The highest BCUT2D eigenvalue weighted by molar-refractivity contribution is 7.19. The van der Waals surface area contributed by atoms with Crippen LogP contribution >= 0.6 is 11.3 Å². The summed E-state index contributed by atoms with van der Waals surface area (Å²) in [4.78, 5) is 5.17. The number of nitrogen functional groups attached to an aromatic ring is 1. The Hall–Kier alpha value is -2.07. The summed E-state index contributed by atoms with van der Waals surface area (Å²) in [5, 5.41) is 1.17. The maximum atomic E-state index is 5.94. The van der Waals surface area contributed by atoms with E-state index in [1.807, 2.05) is 24.3 Å². The van der Waals surface area contributed by atoms with E-state index in [2.05, 4.69) is 17.1 Å². The Labute approximate surface area is 109 Å². The lowest BCUT2D eigenvalue weighted by Gasteiger charge is -2.02. The van der Waals surface area contributed by atoms with Crippen molar-refractivity contribution >= 4 is 27.1 Å². The van der Waals surface area contributed by atoms with Crippen molar-refractivity contribution in [3.63, 3.8) is 0 Å². The van der Waals surface area contributed by atoms with E-state index in [9.17, 15) is 0 Å². The van der Waals surface area contributed by atoms with E-state index < -0.39 is 0 Å². The molecule has 0 saturated heterocycles. The topological polar surface area (TPSA) is 48.1 Å². The zero-order chi connectivity index (χ0) is 12.4. The molecule has 0 amide bonds. The number of rotatable bonds is 3. The van der Waals surface area contributed by atoms with Gasteiger partial charge in [-0.2, -0.15) is 0 Å². The van der Waals surface area contributed by atoms with E-state index in [1.54, 1.807) is 23.7 Å². The van der Waals surface area contributed by atoms with Crippen molar-refractivity contribution < 1.29 is 4.74 Å². The molecule has 3 rings (SSSR count). The van der Waals surface area contributed by atoms with E-state index in [-0.39, 0.29) is 0 Å². The number of nitrogens with two attached hydrogens (primary N) is 1. The molecule has 2 heterocycles. The lowest BCUT2D eigenvalue weighted by molar-refractivity contribution is 0.308. The van der Waals surface area contributed by atoms with Gasteiger partial charge in [0.05, 0.1) is 10.9 Å². The average Bonchev–Trinajstić information content (AvgIpc) is 2.82. The Kier molecular flexibility index (Phi) is 2.86. The molecule has 90 valence electrons. The third kappa shape index (κ3) is 2.15. The molecule has 3 nitrogen and oxygen atoms in total. The van der Waals surface area contributed by atoms with Crippen LogP contribution < -0.4 is 10.5 Å². The van der Waals surface area contributed by atoms with Gasteiger partial charge in [0, 0.05) is 16.8 Å². The Balaban J connectivity index is 1.81. The number of fused-ring (bicyclic) bond motifs is 1. The third-order valence-electron chi connectivity index (χ3n) is 2.64. The molecule has 1 aromatic carbocycles. The molecule has 0 radical (unpaired) electrons. The third-order valence-corrected chi connectivity index (χ3v) is 3.81. The van der Waals surface area contributed by atoms with Crippen LogP contribution in [0, 0.1) is 0 Å². The van der Waals surface area contributed by atoms with Crippen molar-refractivity contribution in [1.29, 1.82) is 0 Å². The zero-order valence-corrected chi connectivity index (χ0v) is 10.5. The van der Waals surface area contributed by atoms with Crippen LogP contribution in [0.2, 0.25) is 0 Å². The highest BCUT2D eigenvalue weighted by Crippen LogP contribution is 2.30. The summed E-state index contributed by atoms with van der Waals surface area (Å²) in [6.45, 7) is 0.546. The van der Waals surface area contributed by atoms with Crippen LogP contribution in [0.4, 0.5) is 5.69 Å². The minimum atomic E-state index is 0.546. The van der Waals surface area contributed by atoms with Gasteiger partial charge in [0.1, 0.15) is 12.4 Å². The number of ether oxygens (including phenoxy) is 1. The molecule has 2 N–H and O–H groups in total. The van der Waals surface area contributed by atoms with Gasteiger partial charge in [0.2, 0.25) is 0 Å². The summed E-state index contributed by atoms with van der Waals surface area (Å²) < 4.78 is 6.80. The van der Waals surface area contributed by atoms with Gasteiger partial charge < -0.3 is 10.5 Å². The summed E-state index contributed by atoms with van der Waals surface area (Å²) in [6, 6.07) is 11.8. The number of hydrogen-bond acceptors (Lipinski definition) is 4. The predicted octanol–water partition coefficient (Wildman–Crippen LogP) is 3.46. The van der Waals surface area contributed by atoms with Crippen LogP contribution in [0.25, 0.3) is 10.1 Å². The minimum absolute atomic E-state index is 0.546. The van der Waals surface area contributed by atoms with Crippen molar-refractivity contribution in [1.82, 2.24) is 4.98 Å². The number of thiophene rings is 1. The van der Waals surface area contributed by atoms with E-state index >= 15 is 0 Å². The smallest absolute Gasteiger partial charge is 0.138 e. The number of anilines is 1. The van der Waals surface area contributed by atoms with Gasteiger partial charge in [0.25, 0.3) is 0 Å². The molecule has 0 bridgehead atoms. The van der Waals surface area contributed by atoms with Crippen molar-refractivity contribution in [3.8, 4) is 5.75 Å². The Morgan fingerprint density at radius 2 is 2.17 bits per heavy atom. The maximum absolute atomic E-state index is 5.94. The Morgan fingerprint density at radius 3 is 2.94 bits per heavy atom. The summed E-state index contributed by atoms with van der Waals surface area (Å²) in [5.74, 6) is 0.780.